The molecule has 1 aliphatic rings. The third-order valence-electron chi connectivity index (χ3n) is 5.20. The molecule has 1 saturated heterocycles. The first-order valence-electron chi connectivity index (χ1n) is 8.82. The lowest BCUT2D eigenvalue weighted by Gasteiger charge is -2.25. The summed E-state index contributed by atoms with van der Waals surface area (Å²) in [5, 5.41) is 33.5. The van der Waals surface area contributed by atoms with Crippen molar-refractivity contribution in [2.24, 2.45) is 17.0 Å². The Labute approximate surface area is 162 Å². The van der Waals surface area contributed by atoms with Gasteiger partial charge < -0.3 is 29.5 Å². The normalized spacial score (nSPS) is 22.6. The van der Waals surface area contributed by atoms with Crippen LogP contribution in [0.15, 0.2) is 41.6 Å². The van der Waals surface area contributed by atoms with Gasteiger partial charge in [-0.2, -0.15) is 0 Å². The molecule has 8 heteroatoms. The molecule has 0 bridgehead atoms. The fraction of sp³-hybridized carbons (Fsp3) is 0.400. The molecule has 0 spiro atoms. The molecular formula is C20H23NO7. The van der Waals surface area contributed by atoms with E-state index in [1.807, 2.05) is 0 Å². The van der Waals surface area contributed by atoms with E-state index in [1.54, 1.807) is 24.3 Å². The number of aromatic hydroxyl groups is 1. The smallest absolute Gasteiger partial charge is 0.160 e. The van der Waals surface area contributed by atoms with Crippen LogP contribution in [0.2, 0.25) is 0 Å². The Balaban J connectivity index is 1.86. The fourth-order valence-electron chi connectivity index (χ4n) is 3.66. The number of nitrogens with zero attached hydrogens (tertiary/aromatic N) is 1. The van der Waals surface area contributed by atoms with E-state index in [1.165, 1.54) is 26.4 Å². The van der Waals surface area contributed by atoms with Crippen molar-refractivity contribution < 1.29 is 29.5 Å². The minimum Gasteiger partial charge on any atom is -0.504 e. The fourth-order valence-corrected chi connectivity index (χ4v) is 3.66. The number of nitroso groups, excluding NO2 is 1. The van der Waals surface area contributed by atoms with Gasteiger partial charge >= 0.3 is 0 Å². The number of aliphatic hydroxyl groups is 2. The number of benzene rings is 2. The van der Waals surface area contributed by atoms with Crippen molar-refractivity contribution in [3.63, 3.8) is 0 Å². The Morgan fingerprint density at radius 2 is 1.93 bits per heavy atom. The van der Waals surface area contributed by atoms with E-state index in [-0.39, 0.29) is 42.2 Å². The van der Waals surface area contributed by atoms with Crippen LogP contribution in [0.3, 0.4) is 0 Å². The van der Waals surface area contributed by atoms with E-state index in [9.17, 15) is 20.2 Å². The molecule has 4 atom stereocenters. The molecule has 3 N–H and O–H groups in total. The van der Waals surface area contributed by atoms with Crippen LogP contribution in [-0.4, -0.2) is 42.8 Å². The van der Waals surface area contributed by atoms with Gasteiger partial charge in [0.2, 0.25) is 0 Å². The molecule has 1 heterocycles. The molecule has 0 aliphatic carbocycles. The molecule has 2 aromatic rings. The van der Waals surface area contributed by atoms with Crippen molar-refractivity contribution in [3.05, 3.63) is 52.4 Å². The van der Waals surface area contributed by atoms with Gasteiger partial charge in [0.1, 0.15) is 11.4 Å². The lowest BCUT2D eigenvalue weighted by atomic mass is 9.82. The zero-order valence-corrected chi connectivity index (χ0v) is 15.6. The average Bonchev–Trinajstić information content (AvgIpc) is 3.17. The van der Waals surface area contributed by atoms with Crippen LogP contribution in [-0.2, 0) is 4.74 Å². The summed E-state index contributed by atoms with van der Waals surface area (Å²) in [7, 11) is 2.87. The molecule has 8 nitrogen and oxygen atoms in total. The standard InChI is InChI=1S/C20H23NO7/c1-26-17-8-12(3-5-15(17)21-25)20-13(9-22)14(10-28-20)19(24)11-4-6-16(23)18(7-11)27-2/h3-8,13-14,19-20,22-24H,9-10H2,1-2H3/t13?,14?,19?,20-/m1/s1. The third kappa shape index (κ3) is 3.66. The second kappa shape index (κ2) is 8.55. The largest absolute Gasteiger partial charge is 0.504 e. The summed E-state index contributed by atoms with van der Waals surface area (Å²) in [4.78, 5) is 10.9. The van der Waals surface area contributed by atoms with Gasteiger partial charge in [-0.05, 0) is 40.6 Å². The second-order valence-corrected chi connectivity index (χ2v) is 6.66. The number of phenolic OH excluding ortho intramolecular Hbond substituents is 1. The van der Waals surface area contributed by atoms with E-state index in [0.717, 1.165) is 5.56 Å². The first-order valence-corrected chi connectivity index (χ1v) is 8.82. The summed E-state index contributed by atoms with van der Waals surface area (Å²) in [6.45, 7) is 0.0356. The van der Waals surface area contributed by atoms with Gasteiger partial charge in [-0.25, -0.2) is 0 Å². The Morgan fingerprint density at radius 3 is 2.57 bits per heavy atom. The highest BCUT2D eigenvalue weighted by Gasteiger charge is 2.42. The number of rotatable bonds is 7. The highest BCUT2D eigenvalue weighted by molar-refractivity contribution is 5.53. The van der Waals surface area contributed by atoms with Crippen LogP contribution >= 0.6 is 0 Å². The SMILES string of the molecule is COc1cc(C(O)C2CO[C@H](c3ccc(N=O)c(OC)c3)C2CO)ccc1O. The molecule has 3 unspecified atom stereocenters. The van der Waals surface area contributed by atoms with Crippen LogP contribution in [0.5, 0.6) is 17.2 Å². The lowest BCUT2D eigenvalue weighted by Crippen LogP contribution is -2.25. The van der Waals surface area contributed by atoms with Crippen molar-refractivity contribution in [2.45, 2.75) is 12.2 Å². The van der Waals surface area contributed by atoms with Crippen LogP contribution in [0.1, 0.15) is 23.3 Å². The zero-order valence-electron chi connectivity index (χ0n) is 15.6. The molecule has 2 aromatic carbocycles. The molecule has 0 radical (unpaired) electrons. The minimum atomic E-state index is -0.922. The summed E-state index contributed by atoms with van der Waals surface area (Å²) < 4.78 is 16.2. The first kappa shape index (κ1) is 20.1. The molecule has 0 amide bonds. The number of hydrogen-bond donors (Lipinski definition) is 3. The molecule has 0 saturated carbocycles. The maximum Gasteiger partial charge on any atom is 0.160 e. The van der Waals surface area contributed by atoms with Crippen molar-refractivity contribution in [1.29, 1.82) is 0 Å². The summed E-state index contributed by atoms with van der Waals surface area (Å²) in [6, 6.07) is 9.52. The molecule has 1 fully saturated rings. The van der Waals surface area contributed by atoms with Gasteiger partial charge in [-0.15, -0.1) is 4.91 Å². The number of ether oxygens (including phenoxy) is 3. The van der Waals surface area contributed by atoms with Gasteiger partial charge in [-0.1, -0.05) is 12.1 Å². The maximum absolute atomic E-state index is 10.9. The molecule has 28 heavy (non-hydrogen) atoms. The molecule has 3 rings (SSSR count). The number of methoxy groups -OCH3 is 2. The predicted molar refractivity (Wildman–Crippen MR) is 101 cm³/mol. The molecule has 0 aromatic heterocycles. The highest BCUT2D eigenvalue weighted by Crippen LogP contribution is 2.45. The quantitative estimate of drug-likeness (QED) is 0.623. The predicted octanol–water partition coefficient (Wildman–Crippen LogP) is 2.84. The van der Waals surface area contributed by atoms with E-state index in [4.69, 9.17) is 14.2 Å². The van der Waals surface area contributed by atoms with Crippen LogP contribution in [0.25, 0.3) is 0 Å². The van der Waals surface area contributed by atoms with Gasteiger partial charge in [0.25, 0.3) is 0 Å². The Morgan fingerprint density at radius 1 is 1.18 bits per heavy atom. The van der Waals surface area contributed by atoms with Crippen molar-refractivity contribution in [1.82, 2.24) is 0 Å². The van der Waals surface area contributed by atoms with Crippen LogP contribution < -0.4 is 9.47 Å². The summed E-state index contributed by atoms with van der Waals surface area (Å²) in [5.74, 6) is -0.198. The van der Waals surface area contributed by atoms with E-state index in [0.29, 0.717) is 11.3 Å². The minimum absolute atomic E-state index is 0.0197. The average molecular weight is 389 g/mol. The topological polar surface area (TPSA) is 118 Å². The van der Waals surface area contributed by atoms with E-state index in [2.05, 4.69) is 5.18 Å². The Bertz CT molecular complexity index is 841. The van der Waals surface area contributed by atoms with Crippen molar-refractivity contribution in [2.75, 3.05) is 27.4 Å². The van der Waals surface area contributed by atoms with E-state index >= 15 is 0 Å². The monoisotopic (exact) mass is 389 g/mol. The van der Waals surface area contributed by atoms with Gasteiger partial charge in [0.05, 0.1) is 33.0 Å². The van der Waals surface area contributed by atoms with Gasteiger partial charge in [-0.3, -0.25) is 0 Å². The van der Waals surface area contributed by atoms with Gasteiger partial charge in [0.15, 0.2) is 11.5 Å². The molecule has 1 aliphatic heterocycles. The third-order valence-corrected chi connectivity index (χ3v) is 5.20. The highest BCUT2D eigenvalue weighted by atomic mass is 16.5. The first-order chi connectivity index (χ1) is 13.5. The number of hydrogen-bond acceptors (Lipinski definition) is 8. The van der Waals surface area contributed by atoms with Crippen molar-refractivity contribution in [3.8, 4) is 17.2 Å². The maximum atomic E-state index is 10.9. The molecule has 150 valence electrons. The summed E-state index contributed by atoms with van der Waals surface area (Å²) >= 11 is 0. The molecular weight excluding hydrogens is 366 g/mol. The number of phenols is 1. The lowest BCUT2D eigenvalue weighted by molar-refractivity contribution is 0.0633. The van der Waals surface area contributed by atoms with Crippen LogP contribution in [0, 0.1) is 16.7 Å². The summed E-state index contributed by atoms with van der Waals surface area (Å²) in [6.07, 6.45) is -1.40. The van der Waals surface area contributed by atoms with E-state index < -0.39 is 12.2 Å². The van der Waals surface area contributed by atoms with Crippen LogP contribution in [0.4, 0.5) is 5.69 Å². The Hall–Kier alpha value is -2.68. The summed E-state index contributed by atoms with van der Waals surface area (Å²) in [5.41, 5.74) is 1.46. The second-order valence-electron chi connectivity index (χ2n) is 6.66. The zero-order chi connectivity index (χ0) is 20.3. The van der Waals surface area contributed by atoms with Crippen molar-refractivity contribution >= 4 is 5.69 Å². The van der Waals surface area contributed by atoms with Gasteiger partial charge in [0, 0.05) is 18.4 Å². The number of aliphatic hydroxyl groups excluding tert-OH is 2. The Kier molecular flexibility index (Phi) is 6.13.